The first-order valence-corrected chi connectivity index (χ1v) is 7.64. The molecule has 0 amide bonds. The minimum atomic E-state index is -2.20. The van der Waals surface area contributed by atoms with Crippen molar-refractivity contribution < 1.29 is 29.6 Å². The monoisotopic (exact) mass is 347 g/mol. The molecule has 2 aliphatic rings. The van der Waals surface area contributed by atoms with Gasteiger partial charge < -0.3 is 30.7 Å². The van der Waals surface area contributed by atoms with Gasteiger partial charge in [0.25, 0.3) is 0 Å². The Morgan fingerprint density at radius 2 is 1.80 bits per heavy atom. The summed E-state index contributed by atoms with van der Waals surface area (Å²) in [6.07, 6.45) is -0.689. The van der Waals surface area contributed by atoms with Crippen LogP contribution in [0.3, 0.4) is 0 Å². The van der Waals surface area contributed by atoms with Crippen molar-refractivity contribution in [2.75, 3.05) is 23.7 Å². The highest BCUT2D eigenvalue weighted by Crippen LogP contribution is 2.34. The normalized spacial score (nSPS) is 17.6. The van der Waals surface area contributed by atoms with Crippen LogP contribution >= 0.6 is 0 Å². The fourth-order valence-electron chi connectivity index (χ4n) is 2.68. The van der Waals surface area contributed by atoms with E-state index in [4.69, 9.17) is 9.84 Å². The molecule has 0 unspecified atom stereocenters. The Morgan fingerprint density at radius 3 is 2.44 bits per heavy atom. The number of nitrogens with one attached hydrogen (secondary N) is 2. The molecule has 0 aliphatic carbocycles. The van der Waals surface area contributed by atoms with Crippen LogP contribution in [-0.2, 0) is 20.7 Å². The fraction of sp³-hybridized carbons (Fsp3) is 0.312. The van der Waals surface area contributed by atoms with Gasteiger partial charge in [0, 0.05) is 31.3 Å². The number of nitrogens with zero attached hydrogens (tertiary/aromatic N) is 1. The molecule has 0 bridgehead atoms. The van der Waals surface area contributed by atoms with Gasteiger partial charge in [-0.3, -0.25) is 4.99 Å². The summed E-state index contributed by atoms with van der Waals surface area (Å²) in [6, 6.07) is 3.71. The lowest BCUT2D eigenvalue weighted by atomic mass is 10.0. The molecule has 0 aromatic heterocycles. The van der Waals surface area contributed by atoms with Gasteiger partial charge in [0.15, 0.2) is 6.10 Å². The molecule has 3 rings (SSSR count). The Balaban J connectivity index is 1.97. The van der Waals surface area contributed by atoms with Crippen molar-refractivity contribution in [2.24, 2.45) is 4.99 Å². The van der Waals surface area contributed by atoms with E-state index in [2.05, 4.69) is 15.6 Å². The topological polar surface area (TPSA) is 140 Å². The summed E-state index contributed by atoms with van der Waals surface area (Å²) in [5.41, 5.74) is 3.18. The number of aliphatic imine (C=N–C) groups is 1. The van der Waals surface area contributed by atoms with Gasteiger partial charge in [-0.25, -0.2) is 9.59 Å². The zero-order valence-electron chi connectivity index (χ0n) is 13.1. The average Bonchev–Trinajstić information content (AvgIpc) is 2.78. The van der Waals surface area contributed by atoms with Crippen molar-refractivity contribution in [1.29, 1.82) is 0 Å². The number of aliphatic carboxylic acids is 2. The van der Waals surface area contributed by atoms with Gasteiger partial charge in [-0.05, 0) is 17.7 Å². The number of carboxylic acid groups (broad SMARTS) is 2. The Labute approximate surface area is 142 Å². The molecule has 0 spiro atoms. The lowest BCUT2D eigenvalue weighted by Gasteiger charge is -2.24. The maximum atomic E-state index is 11.3. The number of rotatable bonds is 5. The first-order valence-electron chi connectivity index (χ1n) is 7.64. The molecule has 2 heterocycles. The fourth-order valence-corrected chi connectivity index (χ4v) is 2.68. The molecule has 2 aliphatic heterocycles. The number of ether oxygens (including phenoxy) is 1. The molecule has 9 heteroatoms. The second-order valence-electron chi connectivity index (χ2n) is 5.60. The summed E-state index contributed by atoms with van der Waals surface area (Å²) in [7, 11) is 0. The maximum Gasteiger partial charge on any atom is 0.348 e. The third-order valence-corrected chi connectivity index (χ3v) is 3.91. The maximum absolute atomic E-state index is 11.3. The number of aliphatic hydroxyl groups excluding tert-OH is 1. The predicted molar refractivity (Wildman–Crippen MR) is 89.7 cm³/mol. The number of hydrogen-bond donors (Lipinski definition) is 5. The van der Waals surface area contributed by atoms with E-state index >= 15 is 0 Å². The predicted octanol–water partition coefficient (Wildman–Crippen LogP) is 0.365. The number of hydrogen-bond acceptors (Lipinski definition) is 7. The summed E-state index contributed by atoms with van der Waals surface area (Å²) in [5, 5.41) is 34.2. The van der Waals surface area contributed by atoms with Crippen molar-refractivity contribution in [3.05, 3.63) is 29.5 Å². The minimum absolute atomic E-state index is 0.0895. The van der Waals surface area contributed by atoms with Crippen molar-refractivity contribution in [2.45, 2.75) is 18.6 Å². The van der Waals surface area contributed by atoms with Gasteiger partial charge in [-0.1, -0.05) is 0 Å². The first kappa shape index (κ1) is 16.8. The second-order valence-corrected chi connectivity index (χ2v) is 5.60. The summed E-state index contributed by atoms with van der Waals surface area (Å²) in [4.78, 5) is 26.3. The van der Waals surface area contributed by atoms with Crippen LogP contribution in [0.1, 0.15) is 11.1 Å². The highest BCUT2D eigenvalue weighted by Gasteiger charge is 2.35. The van der Waals surface area contributed by atoms with Crippen molar-refractivity contribution in [3.63, 3.8) is 0 Å². The largest absolute Gasteiger partial charge is 0.479 e. The van der Waals surface area contributed by atoms with Crippen LogP contribution in [0.5, 0.6) is 0 Å². The van der Waals surface area contributed by atoms with Crippen LogP contribution in [0.4, 0.5) is 11.4 Å². The first-order chi connectivity index (χ1) is 12.0. The van der Waals surface area contributed by atoms with Gasteiger partial charge in [0.1, 0.15) is 5.76 Å². The summed E-state index contributed by atoms with van der Waals surface area (Å²) >= 11 is 0. The smallest absolute Gasteiger partial charge is 0.348 e. The van der Waals surface area contributed by atoms with Crippen LogP contribution < -0.4 is 10.6 Å². The van der Waals surface area contributed by atoms with E-state index in [1.807, 2.05) is 6.07 Å². The van der Waals surface area contributed by atoms with E-state index in [-0.39, 0.29) is 5.76 Å². The van der Waals surface area contributed by atoms with E-state index in [1.165, 1.54) is 6.20 Å². The molecule has 1 aromatic rings. The van der Waals surface area contributed by atoms with Crippen molar-refractivity contribution >= 4 is 35.3 Å². The van der Waals surface area contributed by atoms with Crippen molar-refractivity contribution in [1.82, 2.24) is 0 Å². The molecule has 132 valence electrons. The Kier molecular flexibility index (Phi) is 4.57. The standard InChI is InChI=1S/C16H17N3O6/c20-13(15(21)22)14(16(23)24)25-12-7-17-2-1-8-5-10-11(6-9(8)12)19-4-3-18-10/h2,5-7,13-14,18-20H,1,3-4H2,(H,21,22)(H,23,24)/t13-,14-/m1/s1. The van der Waals surface area contributed by atoms with Crippen molar-refractivity contribution in [3.8, 4) is 0 Å². The molecule has 0 fully saturated rings. The van der Waals surface area contributed by atoms with E-state index < -0.39 is 24.1 Å². The number of fused-ring (bicyclic) bond motifs is 2. The average molecular weight is 347 g/mol. The van der Waals surface area contributed by atoms with E-state index in [0.717, 1.165) is 30.0 Å². The molecule has 2 atom stereocenters. The van der Waals surface area contributed by atoms with E-state index in [1.54, 1.807) is 12.3 Å². The van der Waals surface area contributed by atoms with Gasteiger partial charge in [-0.15, -0.1) is 0 Å². The Hall–Kier alpha value is -3.07. The third-order valence-electron chi connectivity index (χ3n) is 3.91. The summed E-state index contributed by atoms with van der Waals surface area (Å²) in [6.45, 7) is 1.52. The zero-order chi connectivity index (χ0) is 18.0. The van der Waals surface area contributed by atoms with E-state index in [0.29, 0.717) is 12.0 Å². The molecular formula is C16H17N3O6. The molecule has 0 radical (unpaired) electrons. The Bertz CT molecular complexity index is 773. The highest BCUT2D eigenvalue weighted by atomic mass is 16.5. The number of carboxylic acids is 2. The zero-order valence-corrected chi connectivity index (χ0v) is 13.1. The molecule has 5 N–H and O–H groups in total. The SMILES string of the molecule is O=C(O)[C@H](O)[C@@H](OC1=CN=CCc2cc3c(cc21)NCCN3)C(=O)O. The molecular weight excluding hydrogens is 330 g/mol. The lowest BCUT2D eigenvalue weighted by molar-refractivity contribution is -0.165. The quantitative estimate of drug-likeness (QED) is 0.514. The van der Waals surface area contributed by atoms with Crippen LogP contribution in [0, 0.1) is 0 Å². The number of aliphatic hydroxyl groups is 1. The molecule has 1 aromatic carbocycles. The molecule has 0 saturated heterocycles. The summed E-state index contributed by atoms with van der Waals surface area (Å²) < 4.78 is 5.34. The van der Waals surface area contributed by atoms with Crippen LogP contribution in [-0.4, -0.2) is 58.8 Å². The Morgan fingerprint density at radius 1 is 1.12 bits per heavy atom. The minimum Gasteiger partial charge on any atom is -0.479 e. The number of benzene rings is 1. The lowest BCUT2D eigenvalue weighted by Crippen LogP contribution is -2.41. The van der Waals surface area contributed by atoms with Gasteiger partial charge in [-0.2, -0.15) is 0 Å². The van der Waals surface area contributed by atoms with Gasteiger partial charge >= 0.3 is 11.9 Å². The van der Waals surface area contributed by atoms with E-state index in [9.17, 15) is 19.8 Å². The molecule has 25 heavy (non-hydrogen) atoms. The number of carbonyl (C=O) groups is 2. The van der Waals surface area contributed by atoms with Crippen LogP contribution in [0.15, 0.2) is 23.3 Å². The van der Waals surface area contributed by atoms with Crippen LogP contribution in [0.2, 0.25) is 0 Å². The highest BCUT2D eigenvalue weighted by molar-refractivity contribution is 5.86. The summed E-state index contributed by atoms with van der Waals surface area (Å²) in [5.74, 6) is -3.17. The molecule has 0 saturated carbocycles. The second kappa shape index (κ2) is 6.81. The van der Waals surface area contributed by atoms with Crippen LogP contribution in [0.25, 0.3) is 5.76 Å². The number of anilines is 2. The third kappa shape index (κ3) is 3.41. The van der Waals surface area contributed by atoms with Gasteiger partial charge in [0.05, 0.1) is 17.6 Å². The molecule has 9 nitrogen and oxygen atoms in total. The van der Waals surface area contributed by atoms with Gasteiger partial charge in [0.2, 0.25) is 6.10 Å².